The fraction of sp³-hybridized carbons (Fsp3) is 0.444. The molecule has 0 atom stereocenters. The summed E-state index contributed by atoms with van der Waals surface area (Å²) in [5, 5.41) is 6.95. The molecule has 0 bridgehead atoms. The van der Waals surface area contributed by atoms with Crippen LogP contribution in [0.15, 0.2) is 34.8 Å². The van der Waals surface area contributed by atoms with Crippen LogP contribution in [0.3, 0.4) is 0 Å². The fourth-order valence-corrected chi connectivity index (χ4v) is 3.28. The topological polar surface area (TPSA) is 49.8 Å². The summed E-state index contributed by atoms with van der Waals surface area (Å²) in [5.74, 6) is 2.53. The molecule has 0 saturated heterocycles. The molecule has 1 aromatic carbocycles. The largest absolute Gasteiger partial charge is 0.367 e. The van der Waals surface area contributed by atoms with E-state index in [1.807, 2.05) is 37.3 Å². The number of anilines is 3. The Balaban J connectivity index is 1.71. The highest BCUT2D eigenvalue weighted by atomic mass is 79.9. The maximum absolute atomic E-state index is 4.54. The Hall–Kier alpha value is -1.62. The molecule has 0 amide bonds. The monoisotopic (exact) mass is 374 g/mol. The van der Waals surface area contributed by atoms with Gasteiger partial charge in [0.05, 0.1) is 0 Å². The van der Waals surface area contributed by atoms with Crippen LogP contribution in [0.25, 0.3) is 0 Å². The summed E-state index contributed by atoms with van der Waals surface area (Å²) < 4.78 is 1.07. The summed E-state index contributed by atoms with van der Waals surface area (Å²) in [6.07, 6.45) is 7.81. The standard InChI is InChI=1S/C18H23BrN4/c1-13-20-17(22-15-6-4-2-3-5-7-15)12-18(21-13)23-16-10-8-14(19)9-11-16/h8-12,15H,2-7H2,1H3,(H2,20,21,22,23). The molecule has 5 heteroatoms. The number of nitrogens with one attached hydrogen (secondary N) is 2. The molecule has 1 heterocycles. The van der Waals surface area contributed by atoms with E-state index in [1.54, 1.807) is 0 Å². The van der Waals surface area contributed by atoms with Crippen molar-refractivity contribution in [3.63, 3.8) is 0 Å². The average molecular weight is 375 g/mol. The van der Waals surface area contributed by atoms with E-state index in [9.17, 15) is 0 Å². The molecule has 1 saturated carbocycles. The lowest BCUT2D eigenvalue weighted by Gasteiger charge is -2.18. The third-order valence-corrected chi connectivity index (χ3v) is 4.69. The van der Waals surface area contributed by atoms with Gasteiger partial charge in [0.25, 0.3) is 0 Å². The van der Waals surface area contributed by atoms with Gasteiger partial charge in [0, 0.05) is 22.3 Å². The van der Waals surface area contributed by atoms with Gasteiger partial charge in [-0.15, -0.1) is 0 Å². The zero-order chi connectivity index (χ0) is 16.1. The third-order valence-electron chi connectivity index (χ3n) is 4.16. The van der Waals surface area contributed by atoms with Crippen molar-refractivity contribution in [2.45, 2.75) is 51.5 Å². The van der Waals surface area contributed by atoms with Crippen LogP contribution in [0.5, 0.6) is 0 Å². The molecule has 0 aliphatic heterocycles. The first-order chi connectivity index (χ1) is 11.2. The molecular weight excluding hydrogens is 352 g/mol. The van der Waals surface area contributed by atoms with Crippen molar-refractivity contribution in [2.75, 3.05) is 10.6 Å². The predicted molar refractivity (Wildman–Crippen MR) is 99.3 cm³/mol. The third kappa shape index (κ3) is 4.93. The van der Waals surface area contributed by atoms with Crippen molar-refractivity contribution in [1.82, 2.24) is 9.97 Å². The molecule has 2 aromatic rings. The van der Waals surface area contributed by atoms with Gasteiger partial charge in [-0.3, -0.25) is 0 Å². The van der Waals surface area contributed by atoms with E-state index in [-0.39, 0.29) is 0 Å². The molecule has 122 valence electrons. The SMILES string of the molecule is Cc1nc(Nc2ccc(Br)cc2)cc(NC2CCCCCC2)n1. The minimum absolute atomic E-state index is 0.535. The van der Waals surface area contributed by atoms with Crippen LogP contribution in [-0.4, -0.2) is 16.0 Å². The Kier molecular flexibility index (Phi) is 5.49. The van der Waals surface area contributed by atoms with Crippen LogP contribution in [0, 0.1) is 6.92 Å². The van der Waals surface area contributed by atoms with Crippen molar-refractivity contribution < 1.29 is 0 Å². The molecule has 1 aromatic heterocycles. The van der Waals surface area contributed by atoms with Gasteiger partial charge in [0.1, 0.15) is 17.5 Å². The fourth-order valence-electron chi connectivity index (χ4n) is 3.02. The Bertz CT molecular complexity index is 634. The second kappa shape index (κ2) is 7.77. The van der Waals surface area contributed by atoms with Crippen LogP contribution < -0.4 is 10.6 Å². The minimum Gasteiger partial charge on any atom is -0.367 e. The summed E-state index contributed by atoms with van der Waals surface area (Å²) in [7, 11) is 0. The molecular formula is C18H23BrN4. The van der Waals surface area contributed by atoms with Gasteiger partial charge in [0.15, 0.2) is 0 Å². The van der Waals surface area contributed by atoms with Crippen LogP contribution in [0.4, 0.5) is 17.3 Å². The van der Waals surface area contributed by atoms with E-state index in [0.29, 0.717) is 6.04 Å². The lowest BCUT2D eigenvalue weighted by molar-refractivity contribution is 0.617. The second-order valence-electron chi connectivity index (χ2n) is 6.15. The molecule has 3 rings (SSSR count). The van der Waals surface area contributed by atoms with E-state index < -0.39 is 0 Å². The highest BCUT2D eigenvalue weighted by Crippen LogP contribution is 2.23. The summed E-state index contributed by atoms with van der Waals surface area (Å²) in [6, 6.07) is 10.6. The van der Waals surface area contributed by atoms with Crippen molar-refractivity contribution in [2.24, 2.45) is 0 Å². The Morgan fingerprint density at radius 1 is 0.957 bits per heavy atom. The summed E-state index contributed by atoms with van der Waals surface area (Å²) in [4.78, 5) is 9.03. The van der Waals surface area contributed by atoms with Crippen LogP contribution in [0.1, 0.15) is 44.3 Å². The van der Waals surface area contributed by atoms with Crippen LogP contribution >= 0.6 is 15.9 Å². The van der Waals surface area contributed by atoms with Gasteiger partial charge in [-0.25, -0.2) is 9.97 Å². The van der Waals surface area contributed by atoms with Crippen molar-refractivity contribution in [3.8, 4) is 0 Å². The first-order valence-corrected chi connectivity index (χ1v) is 9.13. The Morgan fingerprint density at radius 2 is 1.61 bits per heavy atom. The first kappa shape index (κ1) is 16.2. The number of hydrogen-bond donors (Lipinski definition) is 2. The maximum Gasteiger partial charge on any atom is 0.136 e. The number of benzene rings is 1. The average Bonchev–Trinajstić information content (AvgIpc) is 2.78. The van der Waals surface area contributed by atoms with Gasteiger partial charge in [0.2, 0.25) is 0 Å². The molecule has 2 N–H and O–H groups in total. The maximum atomic E-state index is 4.54. The molecule has 23 heavy (non-hydrogen) atoms. The van der Waals surface area contributed by atoms with Crippen molar-refractivity contribution >= 4 is 33.3 Å². The molecule has 1 aliphatic rings. The van der Waals surface area contributed by atoms with Crippen LogP contribution in [-0.2, 0) is 0 Å². The van der Waals surface area contributed by atoms with Gasteiger partial charge >= 0.3 is 0 Å². The van der Waals surface area contributed by atoms with E-state index in [0.717, 1.165) is 27.6 Å². The Morgan fingerprint density at radius 3 is 2.30 bits per heavy atom. The van der Waals surface area contributed by atoms with E-state index in [1.165, 1.54) is 38.5 Å². The highest BCUT2D eigenvalue weighted by molar-refractivity contribution is 9.10. The quantitative estimate of drug-likeness (QED) is 0.700. The lowest BCUT2D eigenvalue weighted by atomic mass is 10.1. The van der Waals surface area contributed by atoms with Gasteiger partial charge in [-0.05, 0) is 44.0 Å². The molecule has 1 aliphatic carbocycles. The molecule has 0 unspecified atom stereocenters. The number of halogens is 1. The van der Waals surface area contributed by atoms with Crippen molar-refractivity contribution in [1.29, 1.82) is 0 Å². The Labute approximate surface area is 146 Å². The number of aryl methyl sites for hydroxylation is 1. The van der Waals surface area contributed by atoms with E-state index in [4.69, 9.17) is 0 Å². The normalized spacial score (nSPS) is 15.9. The highest BCUT2D eigenvalue weighted by Gasteiger charge is 2.13. The van der Waals surface area contributed by atoms with Gasteiger partial charge in [-0.2, -0.15) is 0 Å². The van der Waals surface area contributed by atoms with E-state index in [2.05, 4.69) is 36.5 Å². The second-order valence-corrected chi connectivity index (χ2v) is 7.07. The molecule has 0 radical (unpaired) electrons. The number of aromatic nitrogens is 2. The summed E-state index contributed by atoms with van der Waals surface area (Å²) in [5.41, 5.74) is 1.02. The minimum atomic E-state index is 0.535. The lowest BCUT2D eigenvalue weighted by Crippen LogP contribution is -2.19. The van der Waals surface area contributed by atoms with E-state index >= 15 is 0 Å². The molecule has 0 spiro atoms. The first-order valence-electron chi connectivity index (χ1n) is 8.34. The summed E-state index contributed by atoms with van der Waals surface area (Å²) >= 11 is 3.45. The smallest absolute Gasteiger partial charge is 0.136 e. The predicted octanol–water partition coefficient (Wildman–Crippen LogP) is 5.43. The number of nitrogens with zero attached hydrogens (tertiary/aromatic N) is 2. The van der Waals surface area contributed by atoms with Crippen LogP contribution in [0.2, 0.25) is 0 Å². The van der Waals surface area contributed by atoms with Gasteiger partial charge in [-0.1, -0.05) is 41.6 Å². The van der Waals surface area contributed by atoms with Crippen molar-refractivity contribution in [3.05, 3.63) is 40.6 Å². The van der Waals surface area contributed by atoms with Gasteiger partial charge < -0.3 is 10.6 Å². The number of hydrogen-bond acceptors (Lipinski definition) is 4. The summed E-state index contributed by atoms with van der Waals surface area (Å²) in [6.45, 7) is 1.94. The number of rotatable bonds is 4. The molecule has 1 fully saturated rings. The zero-order valence-corrected chi connectivity index (χ0v) is 15.1. The zero-order valence-electron chi connectivity index (χ0n) is 13.5. The molecule has 4 nitrogen and oxygen atoms in total.